The second kappa shape index (κ2) is 7.32. The fourth-order valence-corrected chi connectivity index (χ4v) is 2.52. The van der Waals surface area contributed by atoms with Crippen LogP contribution in [0.15, 0.2) is 12.1 Å². The monoisotopic (exact) mass is 357 g/mol. The van der Waals surface area contributed by atoms with Crippen molar-refractivity contribution in [3.05, 3.63) is 28.8 Å². The smallest absolute Gasteiger partial charge is 1.00 e. The van der Waals surface area contributed by atoms with Gasteiger partial charge in [0.15, 0.2) is 0 Å². The van der Waals surface area contributed by atoms with Gasteiger partial charge in [-0.15, -0.1) is 0 Å². The molecule has 0 unspecified atom stereocenters. The molecule has 0 atom stereocenters. The fraction of sp³-hybridized carbons (Fsp3) is 0.500. The van der Waals surface area contributed by atoms with Crippen LogP contribution in [0.1, 0.15) is 36.2 Å². The first-order chi connectivity index (χ1) is 5.95. The molecule has 3 rings (SSSR count). The molecule has 0 fully saturated rings. The zero-order valence-corrected chi connectivity index (χ0v) is 15.3. The average Bonchev–Trinajstić information content (AvgIpc) is 2.71. The molecular weight excluding hydrogens is 336 g/mol. The molecule has 0 amide bonds. The molecule has 1 aliphatic carbocycles. The van der Waals surface area contributed by atoms with Crippen molar-refractivity contribution in [2.45, 2.75) is 33.1 Å². The van der Waals surface area contributed by atoms with Crippen LogP contribution >= 0.6 is 0 Å². The van der Waals surface area contributed by atoms with Crippen molar-refractivity contribution >= 4 is 92.3 Å². The van der Waals surface area contributed by atoms with Gasteiger partial charge in [0.1, 0.15) is 0 Å². The predicted octanol–water partition coefficient (Wildman–Crippen LogP) is 2.47. The first-order valence-corrected chi connectivity index (χ1v) is 4.82. The molecular formula is C12H21BaCaN. The van der Waals surface area contributed by atoms with Crippen molar-refractivity contribution in [1.29, 1.82) is 0 Å². The van der Waals surface area contributed by atoms with Crippen molar-refractivity contribution in [2.75, 3.05) is 11.9 Å². The largest absolute Gasteiger partial charge is 2.00 e. The number of hydrogen-bond donors (Lipinski definition) is 1. The van der Waals surface area contributed by atoms with Crippen LogP contribution in [-0.4, -0.2) is 93.2 Å². The van der Waals surface area contributed by atoms with Gasteiger partial charge in [-0.1, -0.05) is 13.5 Å². The third-order valence-electron chi connectivity index (χ3n) is 3.09. The normalized spacial score (nSPS) is 14.9. The molecule has 1 aliphatic heterocycles. The van der Waals surface area contributed by atoms with Gasteiger partial charge >= 0.3 is 86.6 Å². The summed E-state index contributed by atoms with van der Waals surface area (Å²) in [6.45, 7) is 1.14. The Labute approximate surface area is 169 Å². The number of hydrogen-bond acceptors (Lipinski definition) is 1. The van der Waals surface area contributed by atoms with Crippen LogP contribution in [0.4, 0.5) is 5.69 Å². The fourth-order valence-electron chi connectivity index (χ4n) is 2.52. The van der Waals surface area contributed by atoms with Gasteiger partial charge in [-0.2, -0.15) is 0 Å². The van der Waals surface area contributed by atoms with E-state index >= 15 is 0 Å². The zero-order valence-electron chi connectivity index (χ0n) is 12.6. The van der Waals surface area contributed by atoms with Gasteiger partial charge in [-0.05, 0) is 48.4 Å². The van der Waals surface area contributed by atoms with E-state index in [0.717, 1.165) is 6.54 Å². The summed E-state index contributed by atoms with van der Waals surface area (Å²) in [7, 11) is 0. The van der Waals surface area contributed by atoms with Crippen LogP contribution in [0.5, 0.6) is 0 Å². The van der Waals surface area contributed by atoms with E-state index in [2.05, 4.69) is 17.4 Å². The molecule has 1 N–H and O–H groups in total. The number of aryl methyl sites for hydroxylation is 1. The van der Waals surface area contributed by atoms with Crippen molar-refractivity contribution in [3.63, 3.8) is 0 Å². The molecule has 0 saturated carbocycles. The van der Waals surface area contributed by atoms with E-state index in [1.807, 2.05) is 0 Å². The molecule has 1 nitrogen and oxygen atoms in total. The Morgan fingerprint density at radius 2 is 1.87 bits per heavy atom. The van der Waals surface area contributed by atoms with Crippen molar-refractivity contribution < 1.29 is 5.71 Å². The average molecular weight is 357 g/mol. The molecule has 2 aliphatic rings. The van der Waals surface area contributed by atoms with Crippen molar-refractivity contribution in [1.82, 2.24) is 0 Å². The summed E-state index contributed by atoms with van der Waals surface area (Å²) in [5, 5.41) is 3.43. The number of nitrogens with one attached hydrogen (secondary N) is 1. The van der Waals surface area contributed by atoms with Gasteiger partial charge < -0.3 is 11.0 Å². The number of anilines is 1. The maximum atomic E-state index is 3.43. The number of fused-ring (bicyclic) bond motifs is 3. The Hall–Kier alpha value is 1.85. The summed E-state index contributed by atoms with van der Waals surface area (Å²) in [5.74, 6) is 0. The van der Waals surface area contributed by atoms with E-state index in [-0.39, 0.29) is 99.8 Å². The first-order valence-electron chi connectivity index (χ1n) is 4.82. The Kier molecular flexibility index (Phi) is 8.23. The van der Waals surface area contributed by atoms with Crippen LogP contribution in [-0.2, 0) is 19.3 Å². The topological polar surface area (TPSA) is 12.0 Å². The van der Waals surface area contributed by atoms with E-state index in [9.17, 15) is 0 Å². The molecule has 1 aromatic carbocycles. The Morgan fingerprint density at radius 1 is 1.07 bits per heavy atom. The van der Waals surface area contributed by atoms with Gasteiger partial charge in [0.2, 0.25) is 0 Å². The SMILES string of the molecule is C.[Ba+2].[Ca+2].[H-].[H-].[H-].[H-].c1cc2c(c3c1CCC3)CCN2. The molecule has 0 radical (unpaired) electrons. The quantitative estimate of drug-likeness (QED) is 0.704. The van der Waals surface area contributed by atoms with E-state index in [1.165, 1.54) is 31.4 Å². The van der Waals surface area contributed by atoms with Gasteiger partial charge in [0, 0.05) is 12.2 Å². The molecule has 15 heavy (non-hydrogen) atoms. The molecule has 0 saturated heterocycles. The molecule has 0 aromatic heterocycles. The van der Waals surface area contributed by atoms with Gasteiger partial charge in [-0.3, -0.25) is 0 Å². The number of benzene rings is 1. The second-order valence-corrected chi connectivity index (χ2v) is 3.76. The van der Waals surface area contributed by atoms with E-state index in [4.69, 9.17) is 0 Å². The minimum atomic E-state index is 0. The molecule has 78 valence electrons. The third-order valence-corrected chi connectivity index (χ3v) is 3.09. The van der Waals surface area contributed by atoms with E-state index in [0.29, 0.717) is 0 Å². The summed E-state index contributed by atoms with van der Waals surface area (Å²) in [5.41, 5.74) is 6.29. The summed E-state index contributed by atoms with van der Waals surface area (Å²) in [4.78, 5) is 0. The maximum Gasteiger partial charge on any atom is 2.00 e. The minimum Gasteiger partial charge on any atom is -1.00 e. The van der Waals surface area contributed by atoms with Gasteiger partial charge in [0.25, 0.3) is 0 Å². The van der Waals surface area contributed by atoms with Crippen molar-refractivity contribution in [2.24, 2.45) is 0 Å². The Bertz CT molecular complexity index is 320. The van der Waals surface area contributed by atoms with Crippen LogP contribution in [0.25, 0.3) is 0 Å². The molecule has 0 bridgehead atoms. The third kappa shape index (κ3) is 3.20. The molecule has 1 heterocycles. The Morgan fingerprint density at radius 3 is 2.67 bits per heavy atom. The van der Waals surface area contributed by atoms with Crippen LogP contribution in [0.2, 0.25) is 0 Å². The number of rotatable bonds is 0. The van der Waals surface area contributed by atoms with Gasteiger partial charge in [0.05, 0.1) is 0 Å². The van der Waals surface area contributed by atoms with Crippen LogP contribution in [0, 0.1) is 0 Å². The molecule has 3 heteroatoms. The second-order valence-electron chi connectivity index (χ2n) is 3.76. The molecule has 0 spiro atoms. The van der Waals surface area contributed by atoms with Crippen molar-refractivity contribution in [3.8, 4) is 0 Å². The predicted molar refractivity (Wildman–Crippen MR) is 73.3 cm³/mol. The summed E-state index contributed by atoms with van der Waals surface area (Å²) in [6.07, 6.45) is 5.24. The first kappa shape index (κ1) is 16.9. The van der Waals surface area contributed by atoms with Crippen LogP contribution < -0.4 is 5.32 Å². The Balaban J connectivity index is -0.0000000933. The summed E-state index contributed by atoms with van der Waals surface area (Å²) in [6, 6.07) is 4.56. The summed E-state index contributed by atoms with van der Waals surface area (Å²) >= 11 is 0. The van der Waals surface area contributed by atoms with Crippen LogP contribution in [0.3, 0.4) is 0 Å². The summed E-state index contributed by atoms with van der Waals surface area (Å²) < 4.78 is 0. The minimum absolute atomic E-state index is 0. The van der Waals surface area contributed by atoms with E-state index in [1.54, 1.807) is 16.7 Å². The van der Waals surface area contributed by atoms with E-state index < -0.39 is 0 Å². The standard InChI is InChI=1S/C11H13N.CH4.Ba.Ca.4H/c1-2-8-4-5-11-10(6-7-12-11)9(8)3-1;;;;;;;/h4-5,12H,1-3,6-7H2;1H4;;;;;;/q;;2*+2;4*-1. The molecule has 1 aromatic rings. The zero-order chi connectivity index (χ0) is 7.97. The maximum absolute atomic E-state index is 3.43. The van der Waals surface area contributed by atoms with Gasteiger partial charge in [-0.25, -0.2) is 0 Å².